The lowest BCUT2D eigenvalue weighted by atomic mass is 9.72. The molecule has 1 N–H and O–H groups in total. The summed E-state index contributed by atoms with van der Waals surface area (Å²) < 4.78 is 20.5. The summed E-state index contributed by atoms with van der Waals surface area (Å²) in [7, 11) is 0. The largest absolute Gasteiger partial charge is 0.434 e. The molecule has 0 amide bonds. The molecule has 2 saturated heterocycles. The molecule has 2 aliphatic heterocycles. The molecule has 6 rings (SSSR count). The monoisotopic (exact) mass is 433 g/mol. The van der Waals surface area contributed by atoms with E-state index in [0.29, 0.717) is 34.3 Å². The van der Waals surface area contributed by atoms with Gasteiger partial charge in [-0.25, -0.2) is 19.3 Å². The van der Waals surface area contributed by atoms with Gasteiger partial charge in [-0.1, -0.05) is 0 Å². The number of hydrogen-bond donors (Lipinski definition) is 1. The minimum Gasteiger partial charge on any atom is -0.434 e. The molecule has 1 spiro atoms. The zero-order chi connectivity index (χ0) is 21.5. The van der Waals surface area contributed by atoms with Crippen LogP contribution in [0.4, 0.5) is 10.2 Å². The van der Waals surface area contributed by atoms with Crippen LogP contribution >= 0.6 is 0 Å². The Morgan fingerprint density at radius 3 is 2.72 bits per heavy atom. The number of hydrogen-bond acceptors (Lipinski definition) is 8. The van der Waals surface area contributed by atoms with E-state index in [1.807, 2.05) is 0 Å². The predicted molar refractivity (Wildman–Crippen MR) is 116 cm³/mol. The van der Waals surface area contributed by atoms with E-state index in [-0.39, 0.29) is 5.82 Å². The summed E-state index contributed by atoms with van der Waals surface area (Å²) in [6.07, 6.45) is 9.21. The second kappa shape index (κ2) is 7.74. The lowest BCUT2D eigenvalue weighted by Gasteiger charge is -2.52. The number of aromatic nitrogens is 5. The van der Waals surface area contributed by atoms with Gasteiger partial charge in [-0.15, -0.1) is 10.2 Å². The first kappa shape index (κ1) is 19.5. The fourth-order valence-corrected chi connectivity index (χ4v) is 4.86. The van der Waals surface area contributed by atoms with Crippen LogP contribution in [-0.4, -0.2) is 51.3 Å². The van der Waals surface area contributed by atoms with Crippen molar-refractivity contribution in [2.24, 2.45) is 5.41 Å². The van der Waals surface area contributed by atoms with Crippen LogP contribution in [0.2, 0.25) is 0 Å². The van der Waals surface area contributed by atoms with E-state index in [4.69, 9.17) is 4.74 Å². The van der Waals surface area contributed by atoms with Crippen molar-refractivity contribution in [2.75, 3.05) is 31.1 Å². The molecule has 164 valence electrons. The number of halogens is 1. The molecular weight excluding hydrogens is 409 g/mol. The zero-order valence-corrected chi connectivity index (χ0v) is 17.7. The van der Waals surface area contributed by atoms with Gasteiger partial charge in [0.2, 0.25) is 0 Å². The molecule has 0 unspecified atom stereocenters. The average Bonchev–Trinajstić information content (AvgIpc) is 3.65. The van der Waals surface area contributed by atoms with Crippen molar-refractivity contribution in [2.45, 2.75) is 31.6 Å². The van der Waals surface area contributed by atoms with Gasteiger partial charge in [0.05, 0.1) is 5.69 Å². The fraction of sp³-hybridized carbons (Fsp3) is 0.435. The summed E-state index contributed by atoms with van der Waals surface area (Å²) in [6, 6.07) is 4.48. The van der Waals surface area contributed by atoms with Crippen LogP contribution in [0.1, 0.15) is 37.3 Å². The Balaban J connectivity index is 1.32. The lowest BCUT2D eigenvalue weighted by molar-refractivity contribution is 0.148. The van der Waals surface area contributed by atoms with Crippen molar-refractivity contribution < 1.29 is 9.13 Å². The molecule has 1 aromatic carbocycles. The number of rotatable bonds is 5. The van der Waals surface area contributed by atoms with Crippen LogP contribution < -0.4 is 15.0 Å². The van der Waals surface area contributed by atoms with Gasteiger partial charge in [-0.05, 0) is 57.0 Å². The maximum Gasteiger partial charge on any atom is 0.282 e. The molecular formula is C23H24FN7O. The standard InChI is InChI=1S/C23H24FN7O/c24-16-3-4-19(17(9-16)18-10-26-13-27-20(18)15-1-2-15)32-22-21(28-14-29-30-22)31-11-23(12-31)5-7-25-8-6-23/h3-4,9-10,13-15,25H,1-2,5-8,11-12H2. The van der Waals surface area contributed by atoms with E-state index < -0.39 is 0 Å². The van der Waals surface area contributed by atoms with Gasteiger partial charge in [0, 0.05) is 41.7 Å². The quantitative estimate of drug-likeness (QED) is 0.656. The predicted octanol–water partition coefficient (Wildman–Crippen LogP) is 3.33. The van der Waals surface area contributed by atoms with E-state index in [9.17, 15) is 4.39 Å². The Morgan fingerprint density at radius 2 is 1.91 bits per heavy atom. The van der Waals surface area contributed by atoms with Gasteiger partial charge >= 0.3 is 0 Å². The average molecular weight is 433 g/mol. The Bertz CT molecular complexity index is 1140. The highest BCUT2D eigenvalue weighted by Crippen LogP contribution is 2.46. The van der Waals surface area contributed by atoms with Crippen LogP contribution in [-0.2, 0) is 0 Å². The number of nitrogens with zero attached hydrogens (tertiary/aromatic N) is 6. The molecule has 0 atom stereocenters. The van der Waals surface area contributed by atoms with Crippen LogP contribution in [0, 0.1) is 11.2 Å². The first-order valence-corrected chi connectivity index (χ1v) is 11.1. The molecule has 3 fully saturated rings. The minimum absolute atomic E-state index is 0.328. The SMILES string of the molecule is Fc1ccc(Oc2nncnc2N2CC3(CCNCC3)C2)c(-c2cncnc2C2CC2)c1. The van der Waals surface area contributed by atoms with Gasteiger partial charge in [0.15, 0.2) is 5.82 Å². The number of nitrogens with one attached hydrogen (secondary N) is 1. The molecule has 0 radical (unpaired) electrons. The third kappa shape index (κ3) is 3.56. The van der Waals surface area contributed by atoms with Crippen LogP contribution in [0.15, 0.2) is 37.1 Å². The summed E-state index contributed by atoms with van der Waals surface area (Å²) in [5.74, 6) is 1.54. The third-order valence-corrected chi connectivity index (χ3v) is 6.73. The van der Waals surface area contributed by atoms with E-state index >= 15 is 0 Å². The van der Waals surface area contributed by atoms with Crippen molar-refractivity contribution in [3.63, 3.8) is 0 Å². The number of anilines is 1. The summed E-state index contributed by atoms with van der Waals surface area (Å²) in [5, 5.41) is 11.6. The van der Waals surface area contributed by atoms with E-state index in [1.54, 1.807) is 18.6 Å². The summed E-state index contributed by atoms with van der Waals surface area (Å²) in [5.41, 5.74) is 2.68. The lowest BCUT2D eigenvalue weighted by Crippen LogP contribution is -2.60. The maximum absolute atomic E-state index is 14.2. The first-order valence-electron chi connectivity index (χ1n) is 11.1. The van der Waals surface area contributed by atoms with Crippen molar-refractivity contribution in [3.05, 3.63) is 48.6 Å². The van der Waals surface area contributed by atoms with Crippen LogP contribution in [0.5, 0.6) is 11.6 Å². The summed E-state index contributed by atoms with van der Waals surface area (Å²) in [6.45, 7) is 3.97. The highest BCUT2D eigenvalue weighted by Gasteiger charge is 2.45. The zero-order valence-electron chi connectivity index (χ0n) is 17.7. The second-order valence-electron chi connectivity index (χ2n) is 9.03. The van der Waals surface area contributed by atoms with Crippen molar-refractivity contribution >= 4 is 5.82 Å². The van der Waals surface area contributed by atoms with Gasteiger partial charge in [-0.2, -0.15) is 0 Å². The van der Waals surface area contributed by atoms with Gasteiger partial charge in [0.1, 0.15) is 24.2 Å². The Hall–Kier alpha value is -3.20. The molecule has 32 heavy (non-hydrogen) atoms. The molecule has 3 aromatic rings. The third-order valence-electron chi connectivity index (χ3n) is 6.73. The highest BCUT2D eigenvalue weighted by atomic mass is 19.1. The molecule has 9 heteroatoms. The second-order valence-corrected chi connectivity index (χ2v) is 9.03. The Kier molecular flexibility index (Phi) is 4.71. The van der Waals surface area contributed by atoms with Gasteiger partial charge < -0.3 is 15.0 Å². The maximum atomic E-state index is 14.2. The van der Waals surface area contributed by atoms with Crippen molar-refractivity contribution in [1.29, 1.82) is 0 Å². The number of piperidine rings is 1. The summed E-state index contributed by atoms with van der Waals surface area (Å²) in [4.78, 5) is 15.3. The first-order chi connectivity index (χ1) is 15.7. The molecule has 2 aromatic heterocycles. The smallest absolute Gasteiger partial charge is 0.282 e. The van der Waals surface area contributed by atoms with Crippen molar-refractivity contribution in [1.82, 2.24) is 30.5 Å². The number of ether oxygens (including phenoxy) is 1. The molecule has 1 aliphatic carbocycles. The molecule has 4 heterocycles. The fourth-order valence-electron chi connectivity index (χ4n) is 4.86. The normalized spacial score (nSPS) is 19.6. The van der Waals surface area contributed by atoms with Crippen LogP contribution in [0.25, 0.3) is 11.1 Å². The molecule has 3 aliphatic rings. The topological polar surface area (TPSA) is 89.0 Å². The Labute approximate surface area is 185 Å². The van der Waals surface area contributed by atoms with E-state index in [2.05, 4.69) is 35.4 Å². The molecule has 0 bridgehead atoms. The minimum atomic E-state index is -0.342. The molecule has 8 nitrogen and oxygen atoms in total. The Morgan fingerprint density at radius 1 is 1.06 bits per heavy atom. The highest BCUT2D eigenvalue weighted by molar-refractivity contribution is 5.73. The molecule has 1 saturated carbocycles. The summed E-state index contributed by atoms with van der Waals surface area (Å²) >= 11 is 0. The van der Waals surface area contributed by atoms with Crippen LogP contribution in [0.3, 0.4) is 0 Å². The van der Waals surface area contributed by atoms with Gasteiger partial charge in [0.25, 0.3) is 5.88 Å². The van der Waals surface area contributed by atoms with Crippen molar-refractivity contribution in [3.8, 4) is 22.8 Å². The van der Waals surface area contributed by atoms with E-state index in [1.165, 1.54) is 18.5 Å². The van der Waals surface area contributed by atoms with Gasteiger partial charge in [-0.3, -0.25) is 0 Å². The number of benzene rings is 1. The van der Waals surface area contributed by atoms with E-state index in [0.717, 1.165) is 63.1 Å².